The van der Waals surface area contributed by atoms with Crippen LogP contribution in [-0.2, 0) is 0 Å². The fourth-order valence-electron chi connectivity index (χ4n) is 5.75. The Hall–Kier alpha value is -4.03. The lowest BCUT2D eigenvalue weighted by atomic mass is 9.85. The molecule has 2 aliphatic rings. The van der Waals surface area contributed by atoms with Crippen molar-refractivity contribution in [2.75, 3.05) is 19.7 Å². The van der Waals surface area contributed by atoms with Gasteiger partial charge in [-0.25, -0.2) is 0 Å². The van der Waals surface area contributed by atoms with E-state index in [4.69, 9.17) is 9.47 Å². The fourth-order valence-corrected chi connectivity index (χ4v) is 5.75. The van der Waals surface area contributed by atoms with Gasteiger partial charge in [-0.2, -0.15) is 5.10 Å². The van der Waals surface area contributed by atoms with E-state index < -0.39 is 0 Å². The average molecular weight is 522 g/mol. The molecule has 1 saturated heterocycles. The molecular formula is C33H35N3O3. The van der Waals surface area contributed by atoms with E-state index in [1.54, 1.807) is 12.1 Å². The van der Waals surface area contributed by atoms with Crippen molar-refractivity contribution >= 4 is 11.1 Å². The van der Waals surface area contributed by atoms with Gasteiger partial charge < -0.3 is 14.6 Å². The second-order valence-corrected chi connectivity index (χ2v) is 10.9. The molecule has 1 aromatic heterocycles. The molecule has 0 bridgehead atoms. The van der Waals surface area contributed by atoms with Crippen molar-refractivity contribution in [1.29, 1.82) is 0 Å². The summed E-state index contributed by atoms with van der Waals surface area (Å²) in [5.74, 6) is 2.69. The highest BCUT2D eigenvalue weighted by molar-refractivity contribution is 5.96. The summed E-state index contributed by atoms with van der Waals surface area (Å²) in [5, 5.41) is 17.3. The number of aromatic amines is 1. The van der Waals surface area contributed by atoms with Gasteiger partial charge in [0, 0.05) is 35.5 Å². The minimum absolute atomic E-state index is 0.231. The number of likely N-dealkylation sites (tertiary alicyclic amines) is 1. The van der Waals surface area contributed by atoms with Crippen LogP contribution in [0.25, 0.3) is 22.3 Å². The monoisotopic (exact) mass is 521 g/mol. The number of rotatable bonds is 7. The Morgan fingerprint density at radius 3 is 2.64 bits per heavy atom. The molecule has 0 radical (unpaired) electrons. The van der Waals surface area contributed by atoms with E-state index in [0.717, 1.165) is 69.5 Å². The van der Waals surface area contributed by atoms with Crippen LogP contribution in [0.4, 0.5) is 0 Å². The summed E-state index contributed by atoms with van der Waals surface area (Å²) in [4.78, 5) is 2.51. The summed E-state index contributed by atoms with van der Waals surface area (Å²) >= 11 is 0. The van der Waals surface area contributed by atoms with E-state index in [2.05, 4.69) is 60.1 Å². The Kier molecular flexibility index (Phi) is 6.88. The normalized spacial score (nSPS) is 20.0. The maximum absolute atomic E-state index is 10.3. The van der Waals surface area contributed by atoms with E-state index in [1.807, 2.05) is 42.7 Å². The van der Waals surface area contributed by atoms with Crippen LogP contribution >= 0.6 is 0 Å². The summed E-state index contributed by atoms with van der Waals surface area (Å²) in [6, 6.07) is 22.3. The summed E-state index contributed by atoms with van der Waals surface area (Å²) in [6.45, 7) is 9.66. The minimum Gasteiger partial charge on any atom is -0.508 e. The Morgan fingerprint density at radius 1 is 1.08 bits per heavy atom. The van der Waals surface area contributed by atoms with Crippen LogP contribution in [0.1, 0.15) is 50.0 Å². The number of phenols is 1. The summed E-state index contributed by atoms with van der Waals surface area (Å²) < 4.78 is 12.8. The molecule has 0 aliphatic carbocycles. The van der Waals surface area contributed by atoms with Crippen LogP contribution < -0.4 is 9.47 Å². The molecule has 0 spiro atoms. The number of allylic oxidation sites excluding steroid dienone is 1. The number of phenolic OH excluding ortho intramolecular Hbond substituents is 1. The number of ether oxygens (including phenoxy) is 2. The Morgan fingerprint density at radius 2 is 1.92 bits per heavy atom. The zero-order chi connectivity index (χ0) is 26.9. The third-order valence-corrected chi connectivity index (χ3v) is 8.04. The van der Waals surface area contributed by atoms with Gasteiger partial charge in [0.1, 0.15) is 30.0 Å². The molecular weight excluding hydrogens is 486 g/mol. The predicted octanol–water partition coefficient (Wildman–Crippen LogP) is 6.96. The predicted molar refractivity (Wildman–Crippen MR) is 155 cm³/mol. The number of fused-ring (bicyclic) bond motifs is 1. The van der Waals surface area contributed by atoms with Gasteiger partial charge in [-0.1, -0.05) is 37.3 Å². The van der Waals surface area contributed by atoms with Crippen LogP contribution in [0.3, 0.4) is 0 Å². The van der Waals surface area contributed by atoms with Gasteiger partial charge in [-0.05, 0) is 91.4 Å². The minimum atomic E-state index is -0.321. The Bertz CT molecular complexity index is 1480. The lowest BCUT2D eigenvalue weighted by molar-refractivity contribution is 0.169. The maximum Gasteiger partial charge on any atom is 0.150 e. The first kappa shape index (κ1) is 25.3. The number of H-pyrrole nitrogens is 1. The molecule has 6 nitrogen and oxygen atoms in total. The van der Waals surface area contributed by atoms with Crippen LogP contribution in [0, 0.1) is 5.92 Å². The maximum atomic E-state index is 10.3. The second kappa shape index (κ2) is 10.6. The van der Waals surface area contributed by atoms with Crippen LogP contribution in [0.5, 0.6) is 17.2 Å². The quantitative estimate of drug-likeness (QED) is 0.275. The van der Waals surface area contributed by atoms with Crippen molar-refractivity contribution in [3.8, 4) is 28.4 Å². The molecule has 1 unspecified atom stereocenters. The first-order valence-corrected chi connectivity index (χ1v) is 13.7. The zero-order valence-corrected chi connectivity index (χ0v) is 22.7. The van der Waals surface area contributed by atoms with E-state index in [1.165, 1.54) is 6.42 Å². The molecule has 6 rings (SSSR count). The van der Waals surface area contributed by atoms with Gasteiger partial charge in [0.25, 0.3) is 0 Å². The lowest BCUT2D eigenvalue weighted by Crippen LogP contribution is -2.35. The van der Waals surface area contributed by atoms with E-state index >= 15 is 0 Å². The highest BCUT2D eigenvalue weighted by atomic mass is 16.5. The first-order valence-electron chi connectivity index (χ1n) is 13.7. The summed E-state index contributed by atoms with van der Waals surface area (Å²) in [5.41, 5.74) is 7.25. The van der Waals surface area contributed by atoms with Gasteiger partial charge in [-0.3, -0.25) is 10.00 Å². The molecule has 6 heteroatoms. The number of nitrogens with zero attached hydrogens (tertiary/aromatic N) is 2. The summed E-state index contributed by atoms with van der Waals surface area (Å²) in [7, 11) is 0. The van der Waals surface area contributed by atoms with Crippen LogP contribution in [-0.4, -0.2) is 45.9 Å². The summed E-state index contributed by atoms with van der Waals surface area (Å²) in [6.07, 6.45) is 4.65. The molecule has 1 fully saturated rings. The van der Waals surface area contributed by atoms with Crippen molar-refractivity contribution in [1.82, 2.24) is 15.1 Å². The van der Waals surface area contributed by atoms with Crippen LogP contribution in [0.15, 0.2) is 79.1 Å². The highest BCUT2D eigenvalue weighted by Crippen LogP contribution is 2.48. The van der Waals surface area contributed by atoms with Gasteiger partial charge in [0.2, 0.25) is 0 Å². The van der Waals surface area contributed by atoms with Gasteiger partial charge in [0.15, 0.2) is 0 Å². The zero-order valence-electron chi connectivity index (χ0n) is 22.7. The number of benzene rings is 3. The smallest absolute Gasteiger partial charge is 0.150 e. The SMILES string of the molecule is CC1=C(c2cccc(O)c2)C(c2ccc(OC[C@H](C)N3CC[C@@H](C)C3)cc2)Oc2ccc(-c3cn[nH]c3)cc21. The largest absolute Gasteiger partial charge is 0.508 e. The third kappa shape index (κ3) is 5.17. The molecule has 0 amide bonds. The third-order valence-electron chi connectivity index (χ3n) is 8.04. The Balaban J connectivity index is 1.29. The average Bonchev–Trinajstić information content (AvgIpc) is 3.64. The number of hydrogen-bond donors (Lipinski definition) is 2. The second-order valence-electron chi connectivity index (χ2n) is 10.9. The molecule has 0 saturated carbocycles. The first-order chi connectivity index (χ1) is 19.0. The van der Waals surface area contributed by atoms with Crippen molar-refractivity contribution in [3.05, 3.63) is 95.8 Å². The lowest BCUT2D eigenvalue weighted by Gasteiger charge is -2.31. The molecule has 200 valence electrons. The number of aromatic nitrogens is 2. The standard InChI is InChI=1S/C33H35N3O3/c1-21-13-14-36(19-21)22(2)20-38-29-10-7-24(8-11-29)33-32(26-5-4-6-28(37)15-26)23(3)30-16-25(9-12-31(30)39-33)27-17-34-35-18-27/h4-12,15-18,21-22,33,37H,13-14,19-20H2,1-3H3,(H,34,35)/t21-,22+,33?/m1/s1. The molecule has 39 heavy (non-hydrogen) atoms. The van der Waals surface area contributed by atoms with E-state index in [-0.39, 0.29) is 11.9 Å². The molecule has 2 aliphatic heterocycles. The number of hydrogen-bond acceptors (Lipinski definition) is 5. The van der Waals surface area contributed by atoms with Crippen molar-refractivity contribution in [3.63, 3.8) is 0 Å². The van der Waals surface area contributed by atoms with E-state index in [9.17, 15) is 5.11 Å². The molecule has 3 aromatic carbocycles. The Labute approximate surface area is 229 Å². The number of nitrogens with one attached hydrogen (secondary N) is 1. The molecule has 2 N–H and O–H groups in total. The van der Waals surface area contributed by atoms with Crippen molar-refractivity contribution < 1.29 is 14.6 Å². The number of aromatic hydroxyl groups is 1. The van der Waals surface area contributed by atoms with Crippen molar-refractivity contribution in [2.45, 2.75) is 39.3 Å². The van der Waals surface area contributed by atoms with Gasteiger partial charge in [-0.15, -0.1) is 0 Å². The molecule has 3 heterocycles. The topological polar surface area (TPSA) is 70.6 Å². The van der Waals surface area contributed by atoms with Gasteiger partial charge in [0.05, 0.1) is 6.20 Å². The molecule has 3 atom stereocenters. The van der Waals surface area contributed by atoms with E-state index in [0.29, 0.717) is 12.6 Å². The van der Waals surface area contributed by atoms with Crippen LogP contribution in [0.2, 0.25) is 0 Å². The highest BCUT2D eigenvalue weighted by Gasteiger charge is 2.30. The van der Waals surface area contributed by atoms with Gasteiger partial charge >= 0.3 is 0 Å². The van der Waals surface area contributed by atoms with Crippen molar-refractivity contribution in [2.24, 2.45) is 5.92 Å². The fraction of sp³-hybridized carbons (Fsp3) is 0.303. The molecule has 4 aromatic rings.